The minimum absolute atomic E-state index is 0.171. The van der Waals surface area contributed by atoms with Crippen molar-refractivity contribution in [1.82, 2.24) is 4.90 Å². The van der Waals surface area contributed by atoms with E-state index in [9.17, 15) is 22.8 Å². The van der Waals surface area contributed by atoms with Crippen LogP contribution in [-0.4, -0.2) is 36.4 Å². The molecule has 0 unspecified atom stereocenters. The number of halogens is 5. The van der Waals surface area contributed by atoms with E-state index in [0.717, 1.165) is 21.5 Å². The van der Waals surface area contributed by atoms with Crippen LogP contribution in [-0.2, 0) is 15.8 Å². The van der Waals surface area contributed by atoms with Gasteiger partial charge in [-0.2, -0.15) is 13.2 Å². The zero-order valence-corrected chi connectivity index (χ0v) is 17.6. The van der Waals surface area contributed by atoms with Crippen LogP contribution in [0.5, 0.6) is 5.75 Å². The summed E-state index contributed by atoms with van der Waals surface area (Å²) in [4.78, 5) is 25.7. The molecule has 29 heavy (non-hydrogen) atoms. The molecule has 0 aliphatic heterocycles. The number of amides is 2. The summed E-state index contributed by atoms with van der Waals surface area (Å²) in [6.45, 7) is 1.02. The van der Waals surface area contributed by atoms with Gasteiger partial charge in [-0.3, -0.25) is 9.59 Å². The summed E-state index contributed by atoms with van der Waals surface area (Å²) < 4.78 is 45.2. The van der Waals surface area contributed by atoms with Gasteiger partial charge in [0.2, 0.25) is 5.91 Å². The molecule has 2 rings (SSSR count). The van der Waals surface area contributed by atoms with Crippen LogP contribution in [0.4, 0.5) is 18.9 Å². The Kier molecular flexibility index (Phi) is 7.92. The number of ether oxygens (including phenoxy) is 1. The Labute approximate surface area is 178 Å². The van der Waals surface area contributed by atoms with Crippen molar-refractivity contribution in [3.63, 3.8) is 0 Å². The highest BCUT2D eigenvalue weighted by Crippen LogP contribution is 2.34. The van der Waals surface area contributed by atoms with Crippen molar-refractivity contribution in [1.29, 1.82) is 0 Å². The van der Waals surface area contributed by atoms with Crippen molar-refractivity contribution in [2.45, 2.75) is 13.1 Å². The number of rotatable bonds is 7. The molecule has 10 heteroatoms. The lowest BCUT2D eigenvalue weighted by Crippen LogP contribution is -2.40. The molecule has 0 bridgehead atoms. The third kappa shape index (κ3) is 6.64. The molecule has 2 aromatic carbocycles. The van der Waals surface area contributed by atoms with E-state index < -0.39 is 30.1 Å². The number of carbonyl (C=O) groups excluding carboxylic acids is 2. The quantitative estimate of drug-likeness (QED) is 0.591. The van der Waals surface area contributed by atoms with Gasteiger partial charge in [0, 0.05) is 11.0 Å². The highest BCUT2D eigenvalue weighted by Gasteiger charge is 2.33. The van der Waals surface area contributed by atoms with Crippen LogP contribution in [0.3, 0.4) is 0 Å². The highest BCUT2D eigenvalue weighted by molar-refractivity contribution is 9.10. The molecule has 0 spiro atoms. The van der Waals surface area contributed by atoms with Crippen molar-refractivity contribution in [3.05, 3.63) is 57.5 Å². The third-order valence-electron chi connectivity index (χ3n) is 3.82. The average molecular weight is 494 g/mol. The van der Waals surface area contributed by atoms with Crippen LogP contribution in [0.15, 0.2) is 46.9 Å². The van der Waals surface area contributed by atoms with E-state index in [-0.39, 0.29) is 18.8 Å². The summed E-state index contributed by atoms with van der Waals surface area (Å²) in [6, 6.07) is 9.50. The van der Waals surface area contributed by atoms with Crippen molar-refractivity contribution in [2.24, 2.45) is 0 Å². The fourth-order valence-electron chi connectivity index (χ4n) is 2.40. The number of nitrogens with one attached hydrogen (secondary N) is 1. The van der Waals surface area contributed by atoms with Crippen molar-refractivity contribution >= 4 is 45.0 Å². The van der Waals surface area contributed by atoms with Gasteiger partial charge in [-0.05, 0) is 37.3 Å². The number of para-hydroxylation sites is 1. The summed E-state index contributed by atoms with van der Waals surface area (Å²) in [5, 5.41) is 2.51. The first-order chi connectivity index (χ1) is 13.6. The Morgan fingerprint density at radius 1 is 1.21 bits per heavy atom. The zero-order valence-electron chi connectivity index (χ0n) is 15.2. The van der Waals surface area contributed by atoms with Gasteiger partial charge in [-0.25, -0.2) is 0 Å². The first-order valence-corrected chi connectivity index (χ1v) is 9.60. The number of nitrogens with zero attached hydrogens (tertiary/aromatic N) is 1. The van der Waals surface area contributed by atoms with Crippen LogP contribution in [0.25, 0.3) is 0 Å². The van der Waals surface area contributed by atoms with E-state index in [2.05, 4.69) is 21.2 Å². The minimum Gasteiger partial charge on any atom is -0.482 e. The number of alkyl halides is 3. The van der Waals surface area contributed by atoms with E-state index >= 15 is 0 Å². The molecule has 0 aromatic heterocycles. The van der Waals surface area contributed by atoms with Crippen LogP contribution in [0.1, 0.15) is 12.5 Å². The standard InChI is InChI=1S/C19H17BrClF3N2O3/c1-2-26(18(28)11-29-16-8-7-12(20)9-14(16)21)10-17(27)25-15-6-4-3-5-13(15)19(22,23)24/h3-9H,2,10-11H2,1H3,(H,25,27). The molecule has 0 aliphatic rings. The van der Waals surface area contributed by atoms with E-state index in [1.54, 1.807) is 25.1 Å². The molecule has 0 fully saturated rings. The molecule has 156 valence electrons. The Morgan fingerprint density at radius 2 is 1.90 bits per heavy atom. The zero-order chi connectivity index (χ0) is 21.6. The minimum atomic E-state index is -4.61. The second-order valence-electron chi connectivity index (χ2n) is 5.86. The molecular weight excluding hydrogens is 477 g/mol. The van der Waals surface area contributed by atoms with Gasteiger partial charge >= 0.3 is 6.18 Å². The molecule has 2 aromatic rings. The molecule has 0 saturated carbocycles. The Hall–Kier alpha value is -2.26. The third-order valence-corrected chi connectivity index (χ3v) is 4.61. The second-order valence-corrected chi connectivity index (χ2v) is 7.19. The number of anilines is 1. The molecule has 0 radical (unpaired) electrons. The first-order valence-electron chi connectivity index (χ1n) is 8.43. The lowest BCUT2D eigenvalue weighted by Gasteiger charge is -2.21. The van der Waals surface area contributed by atoms with Gasteiger partial charge in [0.1, 0.15) is 5.75 Å². The summed E-state index contributed by atoms with van der Waals surface area (Å²) in [5.41, 5.74) is -1.33. The predicted molar refractivity (Wildman–Crippen MR) is 107 cm³/mol. The Morgan fingerprint density at radius 3 is 2.52 bits per heavy atom. The van der Waals surface area contributed by atoms with Crippen molar-refractivity contribution in [2.75, 3.05) is 25.0 Å². The maximum atomic E-state index is 13.0. The van der Waals surface area contributed by atoms with Crippen molar-refractivity contribution in [3.8, 4) is 5.75 Å². The van der Waals surface area contributed by atoms with E-state index in [1.165, 1.54) is 12.1 Å². The van der Waals surface area contributed by atoms with Gasteiger partial charge in [0.25, 0.3) is 5.91 Å². The smallest absolute Gasteiger partial charge is 0.418 e. The largest absolute Gasteiger partial charge is 0.482 e. The maximum absolute atomic E-state index is 13.0. The van der Waals surface area contributed by atoms with E-state index in [1.807, 2.05) is 0 Å². The van der Waals surface area contributed by atoms with Crippen LogP contribution >= 0.6 is 27.5 Å². The summed E-state index contributed by atoms with van der Waals surface area (Å²) in [6.07, 6.45) is -4.61. The molecule has 1 N–H and O–H groups in total. The molecule has 0 heterocycles. The van der Waals surface area contributed by atoms with Gasteiger partial charge in [0.05, 0.1) is 22.8 Å². The van der Waals surface area contributed by atoms with Gasteiger partial charge in [-0.1, -0.05) is 39.7 Å². The SMILES string of the molecule is CCN(CC(=O)Nc1ccccc1C(F)(F)F)C(=O)COc1ccc(Br)cc1Cl. The molecule has 5 nitrogen and oxygen atoms in total. The topological polar surface area (TPSA) is 58.6 Å². The first kappa shape index (κ1) is 23.0. The Bertz CT molecular complexity index is 893. The fraction of sp³-hybridized carbons (Fsp3) is 0.263. The fourth-order valence-corrected chi connectivity index (χ4v) is 3.13. The number of likely N-dealkylation sites (N-methyl/N-ethyl adjacent to an activating group) is 1. The average Bonchev–Trinajstić information content (AvgIpc) is 2.64. The van der Waals surface area contributed by atoms with Gasteiger partial charge < -0.3 is 15.0 Å². The highest BCUT2D eigenvalue weighted by atomic mass is 79.9. The molecule has 2 amide bonds. The second kappa shape index (κ2) is 9.98. The van der Waals surface area contributed by atoms with Crippen LogP contribution in [0.2, 0.25) is 5.02 Å². The predicted octanol–water partition coefficient (Wildman–Crippen LogP) is 4.99. The van der Waals surface area contributed by atoms with Gasteiger partial charge in [-0.15, -0.1) is 0 Å². The van der Waals surface area contributed by atoms with Crippen LogP contribution < -0.4 is 10.1 Å². The van der Waals surface area contributed by atoms with E-state index in [4.69, 9.17) is 16.3 Å². The number of hydrogen-bond donors (Lipinski definition) is 1. The summed E-state index contributed by atoms with van der Waals surface area (Å²) >= 11 is 9.27. The maximum Gasteiger partial charge on any atom is 0.418 e. The molecule has 0 atom stereocenters. The number of benzene rings is 2. The lowest BCUT2D eigenvalue weighted by molar-refractivity contribution is -0.137. The molecule has 0 aliphatic carbocycles. The number of hydrogen-bond acceptors (Lipinski definition) is 3. The van der Waals surface area contributed by atoms with Crippen molar-refractivity contribution < 1.29 is 27.5 Å². The summed E-state index contributed by atoms with van der Waals surface area (Å²) in [5.74, 6) is -0.966. The van der Waals surface area contributed by atoms with Crippen LogP contribution in [0, 0.1) is 0 Å². The van der Waals surface area contributed by atoms with Gasteiger partial charge in [0.15, 0.2) is 6.61 Å². The Balaban J connectivity index is 1.98. The lowest BCUT2D eigenvalue weighted by atomic mass is 10.1. The molecule has 0 saturated heterocycles. The number of carbonyl (C=O) groups is 2. The monoisotopic (exact) mass is 492 g/mol. The normalized spacial score (nSPS) is 11.1. The molecular formula is C19H17BrClF3N2O3. The summed E-state index contributed by atoms with van der Waals surface area (Å²) in [7, 11) is 0. The van der Waals surface area contributed by atoms with E-state index in [0.29, 0.717) is 10.8 Å².